The second-order valence-electron chi connectivity index (χ2n) is 5.26. The van der Waals surface area contributed by atoms with Gasteiger partial charge in [0.1, 0.15) is 5.82 Å². The van der Waals surface area contributed by atoms with Gasteiger partial charge < -0.3 is 15.1 Å². The first-order valence-electron chi connectivity index (χ1n) is 7.36. The van der Waals surface area contributed by atoms with E-state index in [0.717, 1.165) is 43.0 Å². The molecule has 112 valence electrons. The Morgan fingerprint density at radius 2 is 2.10 bits per heavy atom. The number of hydrogen-bond donors (Lipinski definition) is 1. The first kappa shape index (κ1) is 15.2. The Morgan fingerprint density at radius 3 is 2.71 bits per heavy atom. The summed E-state index contributed by atoms with van der Waals surface area (Å²) in [6.45, 7) is 9.73. The molecule has 1 unspecified atom stereocenters. The zero-order valence-corrected chi connectivity index (χ0v) is 12.7. The van der Waals surface area contributed by atoms with Crippen molar-refractivity contribution in [3.05, 3.63) is 54.5 Å². The van der Waals surface area contributed by atoms with Gasteiger partial charge in [0, 0.05) is 25.3 Å². The van der Waals surface area contributed by atoms with Crippen LogP contribution in [0.4, 0.5) is 0 Å². The predicted molar refractivity (Wildman–Crippen MR) is 85.9 cm³/mol. The van der Waals surface area contributed by atoms with E-state index in [4.69, 9.17) is 0 Å². The van der Waals surface area contributed by atoms with Gasteiger partial charge in [-0.25, -0.2) is 0 Å². The summed E-state index contributed by atoms with van der Waals surface area (Å²) in [4.78, 5) is 14.8. The number of nitrogens with one attached hydrogen (secondary N) is 1. The summed E-state index contributed by atoms with van der Waals surface area (Å²) in [6.07, 6.45) is 3.92. The molecule has 1 amide bonds. The fourth-order valence-electron chi connectivity index (χ4n) is 2.40. The highest BCUT2D eigenvalue weighted by molar-refractivity contribution is 5.67. The van der Waals surface area contributed by atoms with Gasteiger partial charge in [0.05, 0.1) is 5.70 Å². The van der Waals surface area contributed by atoms with Crippen LogP contribution >= 0.6 is 0 Å². The maximum atomic E-state index is 10.8. The molecule has 1 aliphatic rings. The van der Waals surface area contributed by atoms with Crippen molar-refractivity contribution in [1.29, 1.82) is 0 Å². The monoisotopic (exact) mass is 285 g/mol. The molecule has 0 bridgehead atoms. The highest BCUT2D eigenvalue weighted by Gasteiger charge is 2.21. The highest BCUT2D eigenvalue weighted by Crippen LogP contribution is 2.24. The maximum Gasteiger partial charge on any atom is 0.209 e. The smallest absolute Gasteiger partial charge is 0.209 e. The first-order chi connectivity index (χ1) is 10.2. The lowest BCUT2D eigenvalue weighted by atomic mass is 10.1. The van der Waals surface area contributed by atoms with Crippen molar-refractivity contribution in [2.45, 2.75) is 26.3 Å². The van der Waals surface area contributed by atoms with E-state index >= 15 is 0 Å². The fraction of sp³-hybridized carbons (Fsp3) is 0.353. The minimum absolute atomic E-state index is 0.292. The average molecular weight is 285 g/mol. The predicted octanol–water partition coefficient (Wildman–Crippen LogP) is 2.62. The lowest BCUT2D eigenvalue weighted by Gasteiger charge is -2.26. The maximum absolute atomic E-state index is 10.8. The topological polar surface area (TPSA) is 35.6 Å². The molecule has 21 heavy (non-hydrogen) atoms. The Morgan fingerprint density at radius 1 is 1.38 bits per heavy atom. The SMILES string of the molecule is C=C1NC(c2ccccc2)=CN1C(C)CCN(C=O)CC. The average Bonchev–Trinajstić information content (AvgIpc) is 2.91. The number of rotatable bonds is 7. The highest BCUT2D eigenvalue weighted by atomic mass is 16.1. The molecule has 0 fully saturated rings. The van der Waals surface area contributed by atoms with Gasteiger partial charge >= 0.3 is 0 Å². The van der Waals surface area contributed by atoms with E-state index in [1.165, 1.54) is 0 Å². The minimum Gasteiger partial charge on any atom is -0.345 e. The summed E-state index contributed by atoms with van der Waals surface area (Å²) in [5, 5.41) is 3.33. The van der Waals surface area contributed by atoms with Gasteiger partial charge in [-0.05, 0) is 25.8 Å². The standard InChI is InChI=1S/C17H23N3O/c1-4-19(13-21)11-10-14(2)20-12-17(18-15(20)3)16-8-6-5-7-9-16/h5-9,12-14,18H,3-4,10-11H2,1-2H3. The Hall–Kier alpha value is -2.23. The summed E-state index contributed by atoms with van der Waals surface area (Å²) >= 11 is 0. The third-order valence-electron chi connectivity index (χ3n) is 3.81. The number of carbonyl (C=O) groups is 1. The summed E-state index contributed by atoms with van der Waals surface area (Å²) in [7, 11) is 0. The Bertz CT molecular complexity index is 524. The zero-order valence-electron chi connectivity index (χ0n) is 12.7. The lowest BCUT2D eigenvalue weighted by Crippen LogP contribution is -2.32. The summed E-state index contributed by atoms with van der Waals surface area (Å²) in [6, 6.07) is 10.5. The molecule has 1 aliphatic heterocycles. The Balaban J connectivity index is 2.01. The first-order valence-corrected chi connectivity index (χ1v) is 7.36. The zero-order chi connectivity index (χ0) is 15.2. The van der Waals surface area contributed by atoms with Gasteiger partial charge in [0.15, 0.2) is 0 Å². The van der Waals surface area contributed by atoms with Crippen LogP contribution in [-0.4, -0.2) is 35.3 Å². The number of benzene rings is 1. The van der Waals surface area contributed by atoms with E-state index in [-0.39, 0.29) is 0 Å². The Kier molecular flexibility index (Phi) is 5.04. The third kappa shape index (κ3) is 3.66. The van der Waals surface area contributed by atoms with Crippen molar-refractivity contribution in [3.63, 3.8) is 0 Å². The molecule has 4 heteroatoms. The molecular formula is C17H23N3O. The third-order valence-corrected chi connectivity index (χ3v) is 3.81. The van der Waals surface area contributed by atoms with E-state index in [1.54, 1.807) is 4.90 Å². The van der Waals surface area contributed by atoms with Crippen LogP contribution in [0, 0.1) is 0 Å². The molecule has 1 N–H and O–H groups in total. The molecule has 0 aliphatic carbocycles. The quantitative estimate of drug-likeness (QED) is 0.782. The number of carbonyl (C=O) groups excluding carboxylic acids is 1. The molecule has 4 nitrogen and oxygen atoms in total. The molecule has 0 saturated carbocycles. The molecule has 0 radical (unpaired) electrons. The van der Waals surface area contributed by atoms with Crippen molar-refractivity contribution in [2.24, 2.45) is 0 Å². The van der Waals surface area contributed by atoms with Crippen LogP contribution in [0.25, 0.3) is 5.70 Å². The number of hydrogen-bond acceptors (Lipinski definition) is 3. The van der Waals surface area contributed by atoms with Crippen LogP contribution in [0.5, 0.6) is 0 Å². The van der Waals surface area contributed by atoms with Crippen LogP contribution in [0.3, 0.4) is 0 Å². The van der Waals surface area contributed by atoms with Crippen molar-refractivity contribution in [1.82, 2.24) is 15.1 Å². The second-order valence-corrected chi connectivity index (χ2v) is 5.26. The van der Waals surface area contributed by atoms with E-state index in [2.05, 4.69) is 42.1 Å². The molecule has 1 heterocycles. The van der Waals surface area contributed by atoms with E-state index in [0.29, 0.717) is 6.04 Å². The van der Waals surface area contributed by atoms with Gasteiger partial charge in [-0.3, -0.25) is 4.79 Å². The van der Waals surface area contributed by atoms with Gasteiger partial charge in [0.2, 0.25) is 6.41 Å². The van der Waals surface area contributed by atoms with Crippen LogP contribution in [0.2, 0.25) is 0 Å². The summed E-state index contributed by atoms with van der Waals surface area (Å²) in [5.74, 6) is 0.885. The van der Waals surface area contributed by atoms with Crippen LogP contribution in [0.15, 0.2) is 48.9 Å². The molecule has 0 saturated heterocycles. The van der Waals surface area contributed by atoms with E-state index in [1.807, 2.05) is 25.1 Å². The molecule has 2 rings (SSSR count). The van der Waals surface area contributed by atoms with Crippen LogP contribution in [0.1, 0.15) is 25.8 Å². The van der Waals surface area contributed by atoms with Crippen LogP contribution in [-0.2, 0) is 4.79 Å². The largest absolute Gasteiger partial charge is 0.345 e. The van der Waals surface area contributed by atoms with Crippen molar-refractivity contribution in [3.8, 4) is 0 Å². The Labute approximate surface area is 126 Å². The molecule has 0 aromatic heterocycles. The molecular weight excluding hydrogens is 262 g/mol. The van der Waals surface area contributed by atoms with E-state index in [9.17, 15) is 4.79 Å². The normalized spacial score (nSPS) is 15.4. The molecule has 1 aromatic carbocycles. The van der Waals surface area contributed by atoms with Gasteiger partial charge in [-0.15, -0.1) is 0 Å². The molecule has 1 aromatic rings. The fourth-order valence-corrected chi connectivity index (χ4v) is 2.40. The second kappa shape index (κ2) is 6.97. The van der Waals surface area contributed by atoms with Gasteiger partial charge in [0.25, 0.3) is 0 Å². The van der Waals surface area contributed by atoms with Crippen LogP contribution < -0.4 is 5.32 Å². The van der Waals surface area contributed by atoms with Gasteiger partial charge in [-0.1, -0.05) is 36.9 Å². The van der Waals surface area contributed by atoms with Crippen molar-refractivity contribution >= 4 is 12.1 Å². The molecule has 0 spiro atoms. The number of amides is 1. The van der Waals surface area contributed by atoms with Gasteiger partial charge in [-0.2, -0.15) is 0 Å². The van der Waals surface area contributed by atoms with E-state index < -0.39 is 0 Å². The number of nitrogens with zero attached hydrogens (tertiary/aromatic N) is 2. The molecule has 1 atom stereocenters. The summed E-state index contributed by atoms with van der Waals surface area (Å²) < 4.78 is 0. The minimum atomic E-state index is 0.292. The lowest BCUT2D eigenvalue weighted by molar-refractivity contribution is -0.118. The van der Waals surface area contributed by atoms with Crippen molar-refractivity contribution in [2.75, 3.05) is 13.1 Å². The van der Waals surface area contributed by atoms with Crippen molar-refractivity contribution < 1.29 is 4.79 Å². The summed E-state index contributed by atoms with van der Waals surface area (Å²) in [5.41, 5.74) is 2.21.